The molecule has 1 heterocycles. The Labute approximate surface area is 154 Å². The summed E-state index contributed by atoms with van der Waals surface area (Å²) in [4.78, 5) is 0. The van der Waals surface area contributed by atoms with Crippen molar-refractivity contribution in [3.8, 4) is 11.1 Å². The number of rotatable bonds is 0. The molecule has 1 aliphatic heterocycles. The summed E-state index contributed by atoms with van der Waals surface area (Å²) in [5.41, 5.74) is 8.04. The van der Waals surface area contributed by atoms with Crippen molar-refractivity contribution in [2.45, 2.75) is 24.9 Å². The van der Waals surface area contributed by atoms with E-state index in [-0.39, 0.29) is 16.5 Å². The van der Waals surface area contributed by atoms with Crippen LogP contribution in [-0.4, -0.2) is 0 Å². The Morgan fingerprint density at radius 2 is 1.19 bits per heavy atom. The molecule has 1 saturated heterocycles. The van der Waals surface area contributed by atoms with E-state index in [1.807, 2.05) is 0 Å². The Hall–Kier alpha value is -2.64. The molecule has 1 fully saturated rings. The van der Waals surface area contributed by atoms with Crippen LogP contribution in [0.2, 0.25) is 0 Å². The summed E-state index contributed by atoms with van der Waals surface area (Å²) in [6.45, 7) is 4.85. The highest BCUT2D eigenvalue weighted by molar-refractivity contribution is 5.84. The van der Waals surface area contributed by atoms with Crippen molar-refractivity contribution in [1.82, 2.24) is 5.32 Å². The van der Waals surface area contributed by atoms with Crippen LogP contribution < -0.4 is 5.32 Å². The maximum absolute atomic E-state index is 4.10. The third kappa shape index (κ3) is 1.31. The summed E-state index contributed by atoms with van der Waals surface area (Å²) in [7, 11) is 0. The van der Waals surface area contributed by atoms with Crippen LogP contribution in [-0.2, 0) is 11.1 Å². The molecule has 0 saturated carbocycles. The normalized spacial score (nSPS) is 25.0. The van der Waals surface area contributed by atoms with Crippen molar-refractivity contribution in [2.75, 3.05) is 0 Å². The third-order valence-electron chi connectivity index (χ3n) is 7.16. The van der Waals surface area contributed by atoms with E-state index in [2.05, 4.69) is 104 Å². The van der Waals surface area contributed by atoms with Gasteiger partial charge in [0.1, 0.15) is 0 Å². The minimum absolute atomic E-state index is 0.00576. The smallest absolute Gasteiger partial charge is 0.0788 e. The van der Waals surface area contributed by atoms with Crippen molar-refractivity contribution >= 4 is 6.08 Å². The highest BCUT2D eigenvalue weighted by Gasteiger charge is 2.72. The van der Waals surface area contributed by atoms with Crippen LogP contribution >= 0.6 is 0 Å². The van der Waals surface area contributed by atoms with E-state index in [4.69, 9.17) is 0 Å². The van der Waals surface area contributed by atoms with E-state index in [0.717, 1.165) is 0 Å². The lowest BCUT2D eigenvalue weighted by atomic mass is 9.48. The zero-order chi connectivity index (χ0) is 17.6. The topological polar surface area (TPSA) is 12.0 Å². The van der Waals surface area contributed by atoms with Gasteiger partial charge in [0.05, 0.1) is 11.1 Å². The molecule has 3 aromatic rings. The highest BCUT2D eigenvalue weighted by atomic mass is 15.2. The van der Waals surface area contributed by atoms with E-state index in [1.54, 1.807) is 0 Å². The maximum atomic E-state index is 4.10. The average Bonchev–Trinajstić information content (AvgIpc) is 3.21. The molecule has 0 aromatic heterocycles. The number of benzene rings is 3. The molecule has 1 heteroatoms. The number of fused-ring (bicyclic) bond motifs is 7. The predicted molar refractivity (Wildman–Crippen MR) is 107 cm³/mol. The molecule has 6 rings (SSSR count). The van der Waals surface area contributed by atoms with Crippen LogP contribution in [0.25, 0.3) is 17.2 Å². The second-order valence-corrected chi connectivity index (χ2v) is 8.32. The van der Waals surface area contributed by atoms with Crippen LogP contribution in [0.5, 0.6) is 0 Å². The lowest BCUT2D eigenvalue weighted by molar-refractivity contribution is -0.0737. The fourth-order valence-electron chi connectivity index (χ4n) is 5.84. The van der Waals surface area contributed by atoms with Crippen molar-refractivity contribution in [3.63, 3.8) is 0 Å². The fraction of sp³-hybridized carbons (Fsp3) is 0.200. The number of hydrogen-bond donors (Lipinski definition) is 1. The lowest BCUT2D eigenvalue weighted by Gasteiger charge is -2.68. The molecule has 0 radical (unpaired) electrons. The summed E-state index contributed by atoms with van der Waals surface area (Å²) in [5, 5.41) is 4.10. The van der Waals surface area contributed by atoms with Gasteiger partial charge in [-0.25, -0.2) is 0 Å². The summed E-state index contributed by atoms with van der Waals surface area (Å²) < 4.78 is 0. The SMILES string of the molecule is CC1(C)C2(C=Cc3ccccc32)NC12c1ccccc1-c1ccccc12. The van der Waals surface area contributed by atoms with E-state index >= 15 is 0 Å². The summed E-state index contributed by atoms with van der Waals surface area (Å²) >= 11 is 0. The van der Waals surface area contributed by atoms with Gasteiger partial charge in [0, 0.05) is 5.41 Å². The average molecular weight is 335 g/mol. The van der Waals surface area contributed by atoms with Crippen molar-refractivity contribution < 1.29 is 0 Å². The summed E-state index contributed by atoms with van der Waals surface area (Å²) in [6.07, 6.45) is 4.66. The van der Waals surface area contributed by atoms with Gasteiger partial charge < -0.3 is 0 Å². The van der Waals surface area contributed by atoms with Gasteiger partial charge in [-0.15, -0.1) is 0 Å². The first-order valence-electron chi connectivity index (χ1n) is 9.39. The van der Waals surface area contributed by atoms with Crippen LogP contribution in [0.3, 0.4) is 0 Å². The summed E-state index contributed by atoms with van der Waals surface area (Å²) in [5.74, 6) is 0. The lowest BCUT2D eigenvalue weighted by Crippen LogP contribution is -2.79. The first-order valence-corrected chi connectivity index (χ1v) is 9.39. The third-order valence-corrected chi connectivity index (χ3v) is 7.16. The van der Waals surface area contributed by atoms with Gasteiger partial charge in [-0.2, -0.15) is 0 Å². The molecule has 1 N–H and O–H groups in total. The summed E-state index contributed by atoms with van der Waals surface area (Å²) in [6, 6.07) is 26.6. The molecule has 0 bridgehead atoms. The Bertz CT molecular complexity index is 1060. The van der Waals surface area contributed by atoms with Crippen molar-refractivity contribution in [2.24, 2.45) is 5.41 Å². The van der Waals surface area contributed by atoms with Gasteiger partial charge in [0.15, 0.2) is 0 Å². The second kappa shape index (κ2) is 4.36. The van der Waals surface area contributed by atoms with E-state index in [9.17, 15) is 0 Å². The monoisotopic (exact) mass is 335 g/mol. The first-order chi connectivity index (χ1) is 12.6. The van der Waals surface area contributed by atoms with Gasteiger partial charge in [-0.1, -0.05) is 98.8 Å². The molecule has 1 unspecified atom stereocenters. The molecular weight excluding hydrogens is 314 g/mol. The Morgan fingerprint density at radius 3 is 1.81 bits per heavy atom. The fourth-order valence-corrected chi connectivity index (χ4v) is 5.84. The molecule has 3 aromatic carbocycles. The zero-order valence-corrected chi connectivity index (χ0v) is 15.1. The van der Waals surface area contributed by atoms with Crippen LogP contribution in [0, 0.1) is 5.41 Å². The molecule has 1 nitrogen and oxygen atoms in total. The predicted octanol–water partition coefficient (Wildman–Crippen LogP) is 5.46. The van der Waals surface area contributed by atoms with Crippen LogP contribution in [0.1, 0.15) is 36.1 Å². The largest absolute Gasteiger partial charge is 0.290 e. The van der Waals surface area contributed by atoms with E-state index in [1.165, 1.54) is 33.4 Å². The molecule has 126 valence electrons. The molecule has 2 aliphatic carbocycles. The standard InChI is InChI=1S/C25H21N/c1-23(2)24(16-15-17-9-3-6-12-20(17)24)26-25(23)21-13-7-4-10-18(21)19-11-5-8-14-22(19)25/h3-16,26H,1-2H3. The van der Waals surface area contributed by atoms with Crippen molar-refractivity contribution in [3.05, 3.63) is 101 Å². The highest BCUT2D eigenvalue weighted by Crippen LogP contribution is 2.70. The quantitative estimate of drug-likeness (QED) is 0.575. The molecule has 2 spiro atoms. The minimum Gasteiger partial charge on any atom is -0.290 e. The van der Waals surface area contributed by atoms with E-state index < -0.39 is 0 Å². The zero-order valence-electron chi connectivity index (χ0n) is 15.1. The molecular formula is C25H21N. The second-order valence-electron chi connectivity index (χ2n) is 8.32. The number of nitrogens with one attached hydrogen (secondary N) is 1. The van der Waals surface area contributed by atoms with Gasteiger partial charge in [0.2, 0.25) is 0 Å². The maximum Gasteiger partial charge on any atom is 0.0788 e. The molecule has 26 heavy (non-hydrogen) atoms. The minimum atomic E-state index is -0.151. The number of hydrogen-bond acceptors (Lipinski definition) is 1. The molecule has 3 aliphatic rings. The Kier molecular flexibility index (Phi) is 2.44. The Balaban J connectivity index is 1.64. The Morgan fingerprint density at radius 1 is 0.654 bits per heavy atom. The van der Waals surface area contributed by atoms with Gasteiger partial charge in [-0.3, -0.25) is 5.32 Å². The van der Waals surface area contributed by atoms with Gasteiger partial charge in [-0.05, 0) is 33.4 Å². The van der Waals surface area contributed by atoms with Crippen molar-refractivity contribution in [1.29, 1.82) is 0 Å². The molecule has 1 atom stereocenters. The van der Waals surface area contributed by atoms with E-state index in [0.29, 0.717) is 0 Å². The van der Waals surface area contributed by atoms with Gasteiger partial charge >= 0.3 is 0 Å². The van der Waals surface area contributed by atoms with Gasteiger partial charge in [0.25, 0.3) is 0 Å². The van der Waals surface area contributed by atoms with Crippen LogP contribution in [0.4, 0.5) is 0 Å². The van der Waals surface area contributed by atoms with Crippen LogP contribution in [0.15, 0.2) is 78.9 Å². The first kappa shape index (κ1) is 14.5. The molecule has 0 amide bonds.